The average molecular weight is 333 g/mol. The van der Waals surface area contributed by atoms with E-state index in [0.717, 1.165) is 17.3 Å². The van der Waals surface area contributed by atoms with Crippen molar-refractivity contribution < 1.29 is 13.2 Å². The lowest BCUT2D eigenvalue weighted by Gasteiger charge is -2.23. The molecular formula is C16H14F3N5. The Balaban J connectivity index is 1.95. The van der Waals surface area contributed by atoms with Crippen molar-refractivity contribution in [2.45, 2.75) is 26.4 Å². The standard InChI is InChI=1S/C16H14F3N5/c1-9-10(2)22-15-20-8-21-24(15)14(9)23-7-6-11-12(16(17,18)19)4-3-5-13(11)23/h3-5,8H,6-7H2,1-2H3. The monoisotopic (exact) mass is 333 g/mol. The van der Waals surface area contributed by atoms with Gasteiger partial charge in [-0.2, -0.15) is 27.8 Å². The average Bonchev–Trinajstić information content (AvgIpc) is 3.14. The predicted octanol–water partition coefficient (Wildman–Crippen LogP) is 3.45. The molecule has 0 saturated heterocycles. The van der Waals surface area contributed by atoms with Crippen LogP contribution >= 0.6 is 0 Å². The highest BCUT2D eigenvalue weighted by atomic mass is 19.4. The van der Waals surface area contributed by atoms with E-state index in [4.69, 9.17) is 0 Å². The van der Waals surface area contributed by atoms with Crippen molar-refractivity contribution in [2.75, 3.05) is 11.4 Å². The number of anilines is 2. The van der Waals surface area contributed by atoms with Gasteiger partial charge in [-0.3, -0.25) is 0 Å². The molecule has 8 heteroatoms. The maximum atomic E-state index is 13.3. The summed E-state index contributed by atoms with van der Waals surface area (Å²) in [7, 11) is 0. The number of alkyl halides is 3. The van der Waals surface area contributed by atoms with Crippen molar-refractivity contribution >= 4 is 17.3 Å². The van der Waals surface area contributed by atoms with Crippen LogP contribution in [0.4, 0.5) is 24.7 Å². The van der Waals surface area contributed by atoms with E-state index < -0.39 is 11.7 Å². The molecule has 3 aromatic rings. The number of aromatic nitrogens is 4. The fourth-order valence-corrected chi connectivity index (χ4v) is 3.25. The van der Waals surface area contributed by atoms with E-state index in [1.54, 1.807) is 10.6 Å². The van der Waals surface area contributed by atoms with Gasteiger partial charge in [-0.05, 0) is 38.0 Å². The summed E-state index contributed by atoms with van der Waals surface area (Å²) in [5, 5.41) is 4.19. The number of fused-ring (bicyclic) bond motifs is 2. The molecule has 1 aliphatic rings. The normalized spacial score (nSPS) is 14.5. The summed E-state index contributed by atoms with van der Waals surface area (Å²) in [4.78, 5) is 10.3. The Morgan fingerprint density at radius 2 is 1.96 bits per heavy atom. The van der Waals surface area contributed by atoms with Crippen LogP contribution in [0, 0.1) is 13.8 Å². The highest BCUT2D eigenvalue weighted by Gasteiger charge is 2.37. The number of halogens is 3. The number of hydrogen-bond donors (Lipinski definition) is 0. The molecule has 0 unspecified atom stereocenters. The van der Waals surface area contributed by atoms with E-state index in [1.807, 2.05) is 18.7 Å². The van der Waals surface area contributed by atoms with Crippen molar-refractivity contribution in [1.82, 2.24) is 19.6 Å². The maximum Gasteiger partial charge on any atom is 0.416 e. The largest absolute Gasteiger partial charge is 0.416 e. The van der Waals surface area contributed by atoms with Crippen LogP contribution in [0.5, 0.6) is 0 Å². The topological polar surface area (TPSA) is 46.3 Å². The second kappa shape index (κ2) is 4.93. The molecule has 124 valence electrons. The molecule has 0 saturated carbocycles. The van der Waals surface area contributed by atoms with Crippen LogP contribution in [0.1, 0.15) is 22.4 Å². The van der Waals surface area contributed by atoms with Gasteiger partial charge in [0.05, 0.1) is 5.56 Å². The van der Waals surface area contributed by atoms with Gasteiger partial charge in [-0.1, -0.05) is 6.07 Å². The number of rotatable bonds is 1. The molecule has 1 aliphatic heterocycles. The second-order valence-electron chi connectivity index (χ2n) is 5.82. The zero-order chi connectivity index (χ0) is 17.1. The molecule has 0 fully saturated rings. The first kappa shape index (κ1) is 14.9. The van der Waals surface area contributed by atoms with E-state index in [0.29, 0.717) is 35.8 Å². The van der Waals surface area contributed by atoms with E-state index >= 15 is 0 Å². The third-order valence-corrected chi connectivity index (χ3v) is 4.46. The van der Waals surface area contributed by atoms with Gasteiger partial charge in [-0.25, -0.2) is 4.98 Å². The SMILES string of the molecule is Cc1nc2ncnn2c(N2CCc3c2cccc3C(F)(F)F)c1C. The molecule has 24 heavy (non-hydrogen) atoms. The lowest BCUT2D eigenvalue weighted by molar-refractivity contribution is -0.138. The molecule has 5 nitrogen and oxygen atoms in total. The minimum atomic E-state index is -4.35. The zero-order valence-corrected chi connectivity index (χ0v) is 13.1. The molecule has 1 aromatic carbocycles. The highest BCUT2D eigenvalue weighted by Crippen LogP contribution is 2.42. The molecule has 0 spiro atoms. The lowest BCUT2D eigenvalue weighted by atomic mass is 10.0. The molecule has 0 radical (unpaired) electrons. The summed E-state index contributed by atoms with van der Waals surface area (Å²) >= 11 is 0. The Bertz CT molecular complexity index is 945. The first-order chi connectivity index (χ1) is 11.4. The van der Waals surface area contributed by atoms with Crippen molar-refractivity contribution in [3.63, 3.8) is 0 Å². The summed E-state index contributed by atoms with van der Waals surface area (Å²) in [5.41, 5.74) is 1.98. The maximum absolute atomic E-state index is 13.3. The summed E-state index contributed by atoms with van der Waals surface area (Å²) < 4.78 is 41.4. The first-order valence-corrected chi connectivity index (χ1v) is 7.51. The number of nitrogens with zero attached hydrogens (tertiary/aromatic N) is 5. The molecule has 4 rings (SSSR count). The van der Waals surface area contributed by atoms with E-state index in [1.165, 1.54) is 12.4 Å². The van der Waals surface area contributed by atoms with Crippen LogP contribution in [-0.2, 0) is 12.6 Å². The number of hydrogen-bond acceptors (Lipinski definition) is 4. The highest BCUT2D eigenvalue weighted by molar-refractivity contribution is 5.72. The molecule has 2 aromatic heterocycles. The quantitative estimate of drug-likeness (QED) is 0.684. The second-order valence-corrected chi connectivity index (χ2v) is 5.82. The van der Waals surface area contributed by atoms with Gasteiger partial charge >= 0.3 is 6.18 Å². The summed E-state index contributed by atoms with van der Waals surface area (Å²) in [6.45, 7) is 4.21. The van der Waals surface area contributed by atoms with Crippen molar-refractivity contribution in [1.29, 1.82) is 0 Å². The molecule has 0 aliphatic carbocycles. The third-order valence-electron chi connectivity index (χ3n) is 4.46. The van der Waals surface area contributed by atoms with Crippen LogP contribution in [0.25, 0.3) is 5.78 Å². The van der Waals surface area contributed by atoms with Crippen molar-refractivity contribution in [3.8, 4) is 0 Å². The van der Waals surface area contributed by atoms with E-state index in [2.05, 4.69) is 15.1 Å². The molecule has 0 atom stereocenters. The van der Waals surface area contributed by atoms with Crippen LogP contribution in [0.3, 0.4) is 0 Å². The van der Waals surface area contributed by atoms with E-state index in [9.17, 15) is 13.2 Å². The third kappa shape index (κ3) is 2.05. The molecule has 0 N–H and O–H groups in total. The molecule has 3 heterocycles. The van der Waals surface area contributed by atoms with Crippen LogP contribution in [0.15, 0.2) is 24.5 Å². The van der Waals surface area contributed by atoms with Crippen molar-refractivity contribution in [3.05, 3.63) is 46.9 Å². The van der Waals surface area contributed by atoms with Crippen LogP contribution in [-0.4, -0.2) is 26.1 Å². The van der Waals surface area contributed by atoms with Gasteiger partial charge < -0.3 is 4.90 Å². The predicted molar refractivity (Wildman–Crippen MR) is 82.4 cm³/mol. The van der Waals surface area contributed by atoms with Gasteiger partial charge in [0.25, 0.3) is 5.78 Å². The fourth-order valence-electron chi connectivity index (χ4n) is 3.25. The summed E-state index contributed by atoms with van der Waals surface area (Å²) in [6, 6.07) is 4.30. The Labute approximate surface area is 135 Å². The van der Waals surface area contributed by atoms with Crippen molar-refractivity contribution in [2.24, 2.45) is 0 Å². The Hall–Kier alpha value is -2.64. The Morgan fingerprint density at radius 3 is 2.71 bits per heavy atom. The Kier molecular flexibility index (Phi) is 3.06. The van der Waals surface area contributed by atoms with Gasteiger partial charge in [0, 0.05) is 23.5 Å². The minimum Gasteiger partial charge on any atom is -0.325 e. The summed E-state index contributed by atoms with van der Waals surface area (Å²) in [6.07, 6.45) is -2.62. The van der Waals surface area contributed by atoms with Gasteiger partial charge in [-0.15, -0.1) is 0 Å². The Morgan fingerprint density at radius 1 is 1.17 bits per heavy atom. The number of benzene rings is 1. The smallest absolute Gasteiger partial charge is 0.325 e. The molecular weight excluding hydrogens is 319 g/mol. The first-order valence-electron chi connectivity index (χ1n) is 7.51. The van der Waals surface area contributed by atoms with Gasteiger partial charge in [0.1, 0.15) is 12.1 Å². The molecule has 0 bridgehead atoms. The number of aryl methyl sites for hydroxylation is 1. The lowest BCUT2D eigenvalue weighted by Crippen LogP contribution is -2.20. The molecule has 0 amide bonds. The minimum absolute atomic E-state index is 0.326. The van der Waals surface area contributed by atoms with Gasteiger partial charge in [0.2, 0.25) is 0 Å². The van der Waals surface area contributed by atoms with Crippen LogP contribution in [0.2, 0.25) is 0 Å². The summed E-state index contributed by atoms with van der Waals surface area (Å²) in [5.74, 6) is 1.15. The fraction of sp³-hybridized carbons (Fsp3) is 0.312. The zero-order valence-electron chi connectivity index (χ0n) is 13.1. The van der Waals surface area contributed by atoms with E-state index in [-0.39, 0.29) is 0 Å². The van der Waals surface area contributed by atoms with Crippen LogP contribution < -0.4 is 4.90 Å². The van der Waals surface area contributed by atoms with Gasteiger partial charge in [0.15, 0.2) is 0 Å².